The van der Waals surface area contributed by atoms with Gasteiger partial charge in [0.1, 0.15) is 0 Å². The number of aryl methyl sites for hydroxylation is 1. The first kappa shape index (κ1) is 28.4. The van der Waals surface area contributed by atoms with Crippen molar-refractivity contribution in [1.82, 2.24) is 19.8 Å². The Kier molecular flexibility index (Phi) is 11.2. The van der Waals surface area contributed by atoms with Crippen molar-refractivity contribution >= 4 is 28.8 Å². The van der Waals surface area contributed by atoms with Gasteiger partial charge in [-0.1, -0.05) is 51.2 Å². The van der Waals surface area contributed by atoms with Crippen molar-refractivity contribution in [1.29, 1.82) is 0 Å². The summed E-state index contributed by atoms with van der Waals surface area (Å²) in [6.45, 7) is 6.19. The topological polar surface area (TPSA) is 126 Å². The molecule has 1 saturated carbocycles. The van der Waals surface area contributed by atoms with Crippen molar-refractivity contribution < 1.29 is 14.7 Å². The average molecular weight is 511 g/mol. The lowest BCUT2D eigenvalue weighted by Crippen LogP contribution is -2.41. The third kappa shape index (κ3) is 7.42. The summed E-state index contributed by atoms with van der Waals surface area (Å²) < 4.78 is 2.07. The number of carbonyl (C=O) groups excluding carboxylic acids is 2. The third-order valence-electron chi connectivity index (χ3n) is 6.88. The van der Waals surface area contributed by atoms with E-state index in [9.17, 15) is 9.59 Å². The molecule has 2 aromatic rings. The molecule has 202 valence electrons. The molecule has 2 aliphatic rings. The molecule has 0 radical (unpaired) electrons. The van der Waals surface area contributed by atoms with Crippen LogP contribution in [0.25, 0.3) is 11.0 Å². The molecule has 0 atom stereocenters. The molecule has 2 heterocycles. The van der Waals surface area contributed by atoms with Crippen LogP contribution in [0.5, 0.6) is 0 Å². The predicted octanol–water partition coefficient (Wildman–Crippen LogP) is 3.90. The Bertz CT molecular complexity index is 1100. The van der Waals surface area contributed by atoms with Crippen molar-refractivity contribution in [3.05, 3.63) is 47.7 Å². The first-order valence-electron chi connectivity index (χ1n) is 13.6. The van der Waals surface area contributed by atoms with Gasteiger partial charge in [0.05, 0.1) is 23.3 Å². The number of carbonyl (C=O) groups is 2. The van der Waals surface area contributed by atoms with Crippen LogP contribution >= 0.6 is 0 Å². The van der Waals surface area contributed by atoms with Gasteiger partial charge in [-0.05, 0) is 44.4 Å². The van der Waals surface area contributed by atoms with Crippen LogP contribution in [0.4, 0.5) is 5.95 Å². The lowest BCUT2D eigenvalue weighted by molar-refractivity contribution is -0.112. The number of nitrogens with one attached hydrogen (secondary N) is 2. The van der Waals surface area contributed by atoms with Crippen LogP contribution in [-0.2, 0) is 11.3 Å². The SMILES string of the molecule is CCCCCn1c(NC(=O)C2=CNCC=C2)nc2cc(C(=O)N(CC)C3CCCCC3)ccc21.NCO. The second-order valence-corrected chi connectivity index (χ2v) is 9.43. The molecule has 1 fully saturated rings. The fraction of sp³-hybridized carbons (Fsp3) is 0.536. The zero-order chi connectivity index (χ0) is 26.6. The summed E-state index contributed by atoms with van der Waals surface area (Å²) in [6, 6.07) is 6.11. The molecule has 4 rings (SSSR count). The van der Waals surface area contributed by atoms with E-state index < -0.39 is 0 Å². The van der Waals surface area contributed by atoms with E-state index in [0.717, 1.165) is 56.2 Å². The Morgan fingerprint density at radius 1 is 1.22 bits per heavy atom. The van der Waals surface area contributed by atoms with E-state index in [2.05, 4.69) is 34.8 Å². The highest BCUT2D eigenvalue weighted by Crippen LogP contribution is 2.26. The number of aliphatic hydroxyl groups excluding tert-OH is 1. The second kappa shape index (κ2) is 14.5. The minimum atomic E-state index is -0.250. The zero-order valence-electron chi connectivity index (χ0n) is 22.2. The summed E-state index contributed by atoms with van der Waals surface area (Å²) in [4.78, 5) is 33.0. The van der Waals surface area contributed by atoms with Gasteiger partial charge in [0.15, 0.2) is 0 Å². The molecule has 5 N–H and O–H groups in total. The Hall–Kier alpha value is -3.17. The van der Waals surface area contributed by atoms with Gasteiger partial charge >= 0.3 is 0 Å². The number of aromatic nitrogens is 2. The number of rotatable bonds is 9. The smallest absolute Gasteiger partial charge is 0.259 e. The van der Waals surface area contributed by atoms with E-state index in [1.165, 1.54) is 19.3 Å². The Labute approximate surface area is 219 Å². The highest BCUT2D eigenvalue weighted by molar-refractivity contribution is 6.06. The standard InChI is InChI=1S/C27H37N5O2.CH5NO/c1-3-5-9-17-32-24-15-14-20(26(34)31(4-2)22-12-7-6-8-13-22)18-23(24)29-27(32)30-25(33)21-11-10-16-28-19-21;2-1-3/h10-11,14-15,18-19,22,28H,3-9,12-13,16-17H2,1-2H3,(H,29,30,33);3H,1-2H2. The minimum absolute atomic E-state index is 0.0750. The van der Waals surface area contributed by atoms with Crippen molar-refractivity contribution in [3.63, 3.8) is 0 Å². The van der Waals surface area contributed by atoms with E-state index in [1.807, 2.05) is 35.3 Å². The first-order chi connectivity index (χ1) is 18.0. The second-order valence-electron chi connectivity index (χ2n) is 9.43. The molecule has 1 aromatic heterocycles. The molecule has 9 nitrogen and oxygen atoms in total. The van der Waals surface area contributed by atoms with E-state index in [-0.39, 0.29) is 18.5 Å². The van der Waals surface area contributed by atoms with E-state index in [4.69, 9.17) is 10.1 Å². The molecule has 1 aromatic carbocycles. The Morgan fingerprint density at radius 3 is 2.62 bits per heavy atom. The van der Waals surface area contributed by atoms with Gasteiger partial charge < -0.3 is 25.6 Å². The van der Waals surface area contributed by atoms with E-state index in [0.29, 0.717) is 29.7 Å². The minimum Gasteiger partial charge on any atom is -0.387 e. The van der Waals surface area contributed by atoms with Crippen LogP contribution in [0.3, 0.4) is 0 Å². The fourth-order valence-corrected chi connectivity index (χ4v) is 5.02. The van der Waals surface area contributed by atoms with Crippen molar-refractivity contribution in [2.75, 3.05) is 25.1 Å². The van der Waals surface area contributed by atoms with Crippen molar-refractivity contribution in [2.24, 2.45) is 5.73 Å². The molecule has 0 bridgehead atoms. The van der Waals surface area contributed by atoms with Gasteiger partial charge in [0, 0.05) is 37.4 Å². The number of unbranched alkanes of at least 4 members (excludes halogenated alkanes) is 2. The fourth-order valence-electron chi connectivity index (χ4n) is 5.02. The van der Waals surface area contributed by atoms with Crippen molar-refractivity contribution in [3.8, 4) is 0 Å². The van der Waals surface area contributed by atoms with Crippen LogP contribution in [0.2, 0.25) is 0 Å². The summed E-state index contributed by atoms with van der Waals surface area (Å²) in [6.07, 6.45) is 14.5. The molecule has 1 aliphatic heterocycles. The van der Waals surface area contributed by atoms with Gasteiger partial charge in [0.2, 0.25) is 5.95 Å². The number of imidazole rings is 1. The van der Waals surface area contributed by atoms with Crippen molar-refractivity contribution in [2.45, 2.75) is 77.8 Å². The molecule has 0 unspecified atom stereocenters. The third-order valence-corrected chi connectivity index (χ3v) is 6.88. The van der Waals surface area contributed by atoms with E-state index in [1.54, 1.807) is 6.20 Å². The number of benzene rings is 1. The predicted molar refractivity (Wildman–Crippen MR) is 148 cm³/mol. The molecular formula is C28H42N6O3. The van der Waals surface area contributed by atoms with Crippen LogP contribution < -0.4 is 16.4 Å². The van der Waals surface area contributed by atoms with Crippen LogP contribution in [-0.4, -0.2) is 57.2 Å². The zero-order valence-corrected chi connectivity index (χ0v) is 22.2. The molecule has 9 heteroatoms. The summed E-state index contributed by atoms with van der Waals surface area (Å²) in [5.74, 6) is 0.410. The number of anilines is 1. The Morgan fingerprint density at radius 2 is 1.97 bits per heavy atom. The molecule has 0 spiro atoms. The molecule has 37 heavy (non-hydrogen) atoms. The van der Waals surface area contributed by atoms with Gasteiger partial charge in [-0.3, -0.25) is 14.9 Å². The maximum atomic E-state index is 13.4. The van der Waals surface area contributed by atoms with Gasteiger partial charge in [-0.25, -0.2) is 4.98 Å². The summed E-state index contributed by atoms with van der Waals surface area (Å²) >= 11 is 0. The Balaban J connectivity index is 0.00000121. The largest absolute Gasteiger partial charge is 0.387 e. The quantitative estimate of drug-likeness (QED) is 0.300. The number of hydrogen-bond acceptors (Lipinski definition) is 6. The summed E-state index contributed by atoms with van der Waals surface area (Å²) in [5.41, 5.74) is 7.32. The number of fused-ring (bicyclic) bond motifs is 1. The lowest BCUT2D eigenvalue weighted by atomic mass is 9.93. The lowest BCUT2D eigenvalue weighted by Gasteiger charge is -2.33. The van der Waals surface area contributed by atoms with Gasteiger partial charge in [-0.15, -0.1) is 0 Å². The molecule has 2 amide bonds. The van der Waals surface area contributed by atoms with Gasteiger partial charge in [-0.2, -0.15) is 0 Å². The molecular weight excluding hydrogens is 468 g/mol. The number of aliphatic hydroxyl groups is 1. The average Bonchev–Trinajstić information content (AvgIpc) is 3.26. The molecule has 1 aliphatic carbocycles. The van der Waals surface area contributed by atoms with Crippen LogP contribution in [0, 0.1) is 0 Å². The normalized spacial score (nSPS) is 15.4. The highest BCUT2D eigenvalue weighted by atomic mass is 16.3. The summed E-state index contributed by atoms with van der Waals surface area (Å²) in [7, 11) is 0. The number of amides is 2. The van der Waals surface area contributed by atoms with Gasteiger partial charge in [0.25, 0.3) is 11.8 Å². The van der Waals surface area contributed by atoms with Crippen LogP contribution in [0.1, 0.15) is 75.6 Å². The number of nitrogens with zero attached hydrogens (tertiary/aromatic N) is 3. The van der Waals surface area contributed by atoms with E-state index >= 15 is 0 Å². The maximum Gasteiger partial charge on any atom is 0.259 e. The number of nitrogens with two attached hydrogens (primary N) is 1. The van der Waals surface area contributed by atoms with Crippen LogP contribution in [0.15, 0.2) is 42.1 Å². The highest BCUT2D eigenvalue weighted by Gasteiger charge is 2.26. The first-order valence-corrected chi connectivity index (χ1v) is 13.6. The maximum absolute atomic E-state index is 13.4. The summed E-state index contributed by atoms with van der Waals surface area (Å²) in [5, 5.41) is 13.4. The monoisotopic (exact) mass is 510 g/mol. The number of dihydropyridines is 1. The number of hydrogen-bond donors (Lipinski definition) is 4. The molecule has 0 saturated heterocycles.